The molecule has 0 radical (unpaired) electrons. The minimum Gasteiger partial charge on any atom is -0.443 e. The molecule has 0 saturated heterocycles. The maximum Gasteiger partial charge on any atom is 0.269 e. The van der Waals surface area contributed by atoms with E-state index in [1.807, 2.05) is 17.5 Å². The molecule has 3 aromatic rings. The third kappa shape index (κ3) is 4.04. The predicted molar refractivity (Wildman–Crippen MR) is 93.9 cm³/mol. The van der Waals surface area contributed by atoms with Crippen LogP contribution in [0.5, 0.6) is 0 Å². The maximum absolute atomic E-state index is 10.6. The minimum absolute atomic E-state index is 0. The van der Waals surface area contributed by atoms with E-state index in [-0.39, 0.29) is 28.7 Å². The number of halogens is 1. The standard InChI is InChI=1S/C15H13N3O3S.BrH/c16-12(8-10-3-5-11(6-4-10)18(19)20)13-9-21-15(17-13)14-2-1-7-22-14;/h1-7,9,12H,8,16H2;1H. The van der Waals surface area contributed by atoms with Gasteiger partial charge in [-0.15, -0.1) is 28.3 Å². The molecule has 1 aromatic carbocycles. The fourth-order valence-corrected chi connectivity index (χ4v) is 2.74. The average Bonchev–Trinajstić information content (AvgIpc) is 3.19. The van der Waals surface area contributed by atoms with Crippen molar-refractivity contribution in [3.63, 3.8) is 0 Å². The molecule has 6 nitrogen and oxygen atoms in total. The summed E-state index contributed by atoms with van der Waals surface area (Å²) < 4.78 is 5.45. The molecule has 0 aliphatic heterocycles. The van der Waals surface area contributed by atoms with E-state index in [4.69, 9.17) is 10.2 Å². The molecule has 1 unspecified atom stereocenters. The van der Waals surface area contributed by atoms with Gasteiger partial charge in [-0.25, -0.2) is 4.98 Å². The molecule has 0 aliphatic carbocycles. The van der Waals surface area contributed by atoms with Crippen molar-refractivity contribution in [2.45, 2.75) is 12.5 Å². The van der Waals surface area contributed by atoms with Crippen molar-refractivity contribution < 1.29 is 9.34 Å². The van der Waals surface area contributed by atoms with Crippen LogP contribution in [-0.4, -0.2) is 9.91 Å². The highest BCUT2D eigenvalue weighted by atomic mass is 79.9. The molecule has 2 heterocycles. The van der Waals surface area contributed by atoms with Gasteiger partial charge in [0.15, 0.2) is 0 Å². The Labute approximate surface area is 146 Å². The van der Waals surface area contributed by atoms with Crippen LogP contribution in [0.25, 0.3) is 10.8 Å². The minimum atomic E-state index is -0.422. The molecule has 0 amide bonds. The van der Waals surface area contributed by atoms with Gasteiger partial charge in [-0.2, -0.15) is 0 Å². The van der Waals surface area contributed by atoms with Gasteiger partial charge in [0.05, 0.1) is 21.5 Å². The molecule has 3 rings (SSSR count). The number of hydrogen-bond acceptors (Lipinski definition) is 6. The first kappa shape index (κ1) is 17.3. The van der Waals surface area contributed by atoms with Crippen LogP contribution in [0.1, 0.15) is 17.3 Å². The lowest BCUT2D eigenvalue weighted by atomic mass is 10.0. The number of rotatable bonds is 5. The Morgan fingerprint density at radius 3 is 2.65 bits per heavy atom. The summed E-state index contributed by atoms with van der Waals surface area (Å²) in [6, 6.07) is 9.90. The zero-order valence-corrected chi connectivity index (χ0v) is 14.4. The summed E-state index contributed by atoms with van der Waals surface area (Å²) in [7, 11) is 0. The van der Waals surface area contributed by atoms with Crippen molar-refractivity contribution in [2.75, 3.05) is 0 Å². The Bertz CT molecular complexity index is 772. The lowest BCUT2D eigenvalue weighted by Gasteiger charge is -2.07. The normalized spacial score (nSPS) is 11.7. The SMILES string of the molecule is Br.NC(Cc1ccc([N+](=O)[O-])cc1)c1coc(-c2cccs2)n1. The lowest BCUT2D eigenvalue weighted by molar-refractivity contribution is -0.384. The topological polar surface area (TPSA) is 95.2 Å². The fourth-order valence-electron chi connectivity index (χ4n) is 2.08. The molecule has 0 bridgehead atoms. The van der Waals surface area contributed by atoms with Gasteiger partial charge in [0.2, 0.25) is 5.89 Å². The summed E-state index contributed by atoms with van der Waals surface area (Å²) in [6.45, 7) is 0. The maximum atomic E-state index is 10.6. The first-order valence-corrected chi connectivity index (χ1v) is 7.49. The number of nitrogens with zero attached hydrogens (tertiary/aromatic N) is 2. The van der Waals surface area contributed by atoms with Gasteiger partial charge in [-0.3, -0.25) is 10.1 Å². The number of benzene rings is 1. The van der Waals surface area contributed by atoms with Crippen molar-refractivity contribution in [2.24, 2.45) is 5.73 Å². The number of hydrogen-bond donors (Lipinski definition) is 1. The number of nitro groups is 1. The average molecular weight is 396 g/mol. The van der Waals surface area contributed by atoms with Crippen LogP contribution in [-0.2, 0) is 6.42 Å². The summed E-state index contributed by atoms with van der Waals surface area (Å²) in [5, 5.41) is 12.6. The van der Waals surface area contributed by atoms with Gasteiger partial charge in [0.1, 0.15) is 6.26 Å². The molecule has 23 heavy (non-hydrogen) atoms. The molecular weight excluding hydrogens is 382 g/mol. The highest BCUT2D eigenvalue weighted by molar-refractivity contribution is 8.93. The number of nitrogens with two attached hydrogens (primary N) is 1. The van der Waals surface area contributed by atoms with E-state index in [9.17, 15) is 10.1 Å². The summed E-state index contributed by atoms with van der Waals surface area (Å²) in [5.74, 6) is 0.559. The molecule has 8 heteroatoms. The third-order valence-electron chi connectivity index (χ3n) is 3.24. The highest BCUT2D eigenvalue weighted by Gasteiger charge is 2.15. The summed E-state index contributed by atoms with van der Waals surface area (Å²) in [6.07, 6.45) is 2.10. The number of thiophene rings is 1. The van der Waals surface area contributed by atoms with Crippen LogP contribution < -0.4 is 5.73 Å². The number of non-ortho nitro benzene ring substituents is 1. The van der Waals surface area contributed by atoms with Gasteiger partial charge >= 0.3 is 0 Å². The Morgan fingerprint density at radius 2 is 2.04 bits per heavy atom. The van der Waals surface area contributed by atoms with Crippen molar-refractivity contribution >= 4 is 34.0 Å². The number of oxazole rings is 1. The first-order chi connectivity index (χ1) is 10.6. The Morgan fingerprint density at radius 1 is 1.30 bits per heavy atom. The second-order valence-corrected chi connectivity index (χ2v) is 5.74. The Hall–Kier alpha value is -2.03. The molecule has 1 atom stereocenters. The zero-order chi connectivity index (χ0) is 15.5. The highest BCUT2D eigenvalue weighted by Crippen LogP contribution is 2.26. The summed E-state index contributed by atoms with van der Waals surface area (Å²) in [5.41, 5.74) is 7.79. The lowest BCUT2D eigenvalue weighted by Crippen LogP contribution is -2.13. The van der Waals surface area contributed by atoms with Crippen LogP contribution in [0.15, 0.2) is 52.5 Å². The second-order valence-electron chi connectivity index (χ2n) is 4.79. The van der Waals surface area contributed by atoms with Gasteiger partial charge in [-0.1, -0.05) is 18.2 Å². The first-order valence-electron chi connectivity index (χ1n) is 6.61. The molecule has 2 aromatic heterocycles. The molecule has 120 valence electrons. The second kappa shape index (κ2) is 7.49. The smallest absolute Gasteiger partial charge is 0.269 e. The van der Waals surface area contributed by atoms with Crippen molar-refractivity contribution in [3.05, 3.63) is 69.4 Å². The molecule has 0 spiro atoms. The van der Waals surface area contributed by atoms with Crippen LogP contribution in [0.2, 0.25) is 0 Å². The monoisotopic (exact) mass is 395 g/mol. The van der Waals surface area contributed by atoms with Crippen LogP contribution in [0.3, 0.4) is 0 Å². The predicted octanol–water partition coefficient (Wildman–Crippen LogP) is 4.13. The van der Waals surface area contributed by atoms with Gasteiger partial charge in [0.25, 0.3) is 5.69 Å². The van der Waals surface area contributed by atoms with Crippen molar-refractivity contribution in [3.8, 4) is 10.8 Å². The van der Waals surface area contributed by atoms with Gasteiger partial charge in [-0.05, 0) is 23.4 Å². The van der Waals surface area contributed by atoms with E-state index in [0.29, 0.717) is 18.0 Å². The van der Waals surface area contributed by atoms with E-state index in [0.717, 1.165) is 10.4 Å². The number of nitro benzene ring substituents is 1. The van der Waals surface area contributed by atoms with E-state index in [1.54, 1.807) is 29.7 Å². The van der Waals surface area contributed by atoms with E-state index < -0.39 is 4.92 Å². The van der Waals surface area contributed by atoms with E-state index in [2.05, 4.69) is 4.98 Å². The van der Waals surface area contributed by atoms with E-state index >= 15 is 0 Å². The Kier molecular flexibility index (Phi) is 5.64. The number of aromatic nitrogens is 1. The van der Waals surface area contributed by atoms with Gasteiger partial charge < -0.3 is 10.2 Å². The zero-order valence-electron chi connectivity index (χ0n) is 11.9. The van der Waals surface area contributed by atoms with E-state index in [1.165, 1.54) is 12.1 Å². The van der Waals surface area contributed by atoms with Crippen molar-refractivity contribution in [1.82, 2.24) is 4.98 Å². The van der Waals surface area contributed by atoms with Crippen LogP contribution in [0.4, 0.5) is 5.69 Å². The molecule has 0 fully saturated rings. The van der Waals surface area contributed by atoms with Gasteiger partial charge in [0, 0.05) is 12.1 Å². The molecule has 2 N–H and O–H groups in total. The fraction of sp³-hybridized carbons (Fsp3) is 0.133. The van der Waals surface area contributed by atoms with Crippen LogP contribution in [0, 0.1) is 10.1 Å². The molecule has 0 aliphatic rings. The third-order valence-corrected chi connectivity index (χ3v) is 4.09. The van der Waals surface area contributed by atoms with Crippen LogP contribution >= 0.6 is 28.3 Å². The largest absolute Gasteiger partial charge is 0.443 e. The summed E-state index contributed by atoms with van der Waals surface area (Å²) in [4.78, 5) is 15.6. The molecular formula is C15H14BrN3O3S. The van der Waals surface area contributed by atoms with Crippen molar-refractivity contribution in [1.29, 1.82) is 0 Å². The summed E-state index contributed by atoms with van der Waals surface area (Å²) >= 11 is 1.55. The quantitative estimate of drug-likeness (QED) is 0.517. The Balaban J connectivity index is 0.00000192. The molecule has 0 saturated carbocycles.